The van der Waals surface area contributed by atoms with Crippen molar-refractivity contribution in [2.45, 2.75) is 220 Å². The average Bonchev–Trinajstić information content (AvgIpc) is 3.56. The number of rotatable bonds is 28. The molecule has 53 heavy (non-hydrogen) atoms. The molecule has 0 fully saturated rings. The molecule has 1 heterocycles. The van der Waals surface area contributed by atoms with Gasteiger partial charge in [-0.3, -0.25) is 0 Å². The van der Waals surface area contributed by atoms with Crippen molar-refractivity contribution in [2.75, 3.05) is 0 Å². The Bertz CT molecular complexity index is 1210. The summed E-state index contributed by atoms with van der Waals surface area (Å²) in [6, 6.07) is 9.69. The first-order valence-electron chi connectivity index (χ1n) is 22.6. The molecule has 3 rings (SSSR count). The number of aryl methyl sites for hydroxylation is 4. The first-order valence-corrected chi connectivity index (χ1v) is 24.0. The first-order chi connectivity index (χ1) is 25.9. The van der Waals surface area contributed by atoms with Crippen LogP contribution in [0.2, 0.25) is 10.8 Å². The summed E-state index contributed by atoms with van der Waals surface area (Å²) in [5, 5.41) is 2.72. The van der Waals surface area contributed by atoms with E-state index in [1.165, 1.54) is 177 Å². The van der Waals surface area contributed by atoms with Gasteiger partial charge in [-0.25, -0.2) is 4.70 Å². The van der Waals surface area contributed by atoms with Crippen LogP contribution in [-0.2, 0) is 53.0 Å². The molecule has 302 valence electrons. The van der Waals surface area contributed by atoms with Crippen LogP contribution >= 0.6 is 0 Å². The monoisotopic (exact) mass is 769 g/mol. The standard InChI is InChI=1S/C44H68N2.2C3H7.Ni/c1-7-13-19-21-27-41-35(23-15-9-3)31-39(32-36(41)24-16-10-4)43-29-30-44(46(43)45)40-33-37(25-17-11-5)42(28-22-20-14-8-2)38(34-40)26-18-12-6;2*1-3-2;/h29-34H,7-28H2,1-6H3;2*1,3H2,2H3;. The maximum absolute atomic E-state index is 11.9. The van der Waals surface area contributed by atoms with Gasteiger partial charge >= 0.3 is 51.9 Å². The first kappa shape index (κ1) is 47.2. The number of benzene rings is 2. The summed E-state index contributed by atoms with van der Waals surface area (Å²) >= 11 is 1.90. The number of hydrogen-bond acceptors (Lipinski definition) is 0. The van der Waals surface area contributed by atoms with Crippen LogP contribution in [-0.4, -0.2) is 4.70 Å². The Labute approximate surface area is 335 Å². The summed E-state index contributed by atoms with van der Waals surface area (Å²) in [5.41, 5.74) is 25.3. The maximum atomic E-state index is 11.9. The van der Waals surface area contributed by atoms with E-state index in [0.29, 0.717) is 0 Å². The van der Waals surface area contributed by atoms with Crippen molar-refractivity contribution in [3.05, 3.63) is 86.5 Å². The van der Waals surface area contributed by atoms with Gasteiger partial charge in [-0.2, -0.15) is 0 Å². The zero-order valence-electron chi connectivity index (χ0n) is 36.1. The second-order valence-corrected chi connectivity index (χ2v) is 17.0. The zero-order chi connectivity index (χ0) is 38.7. The molecule has 1 aliphatic heterocycles. The van der Waals surface area contributed by atoms with Crippen molar-refractivity contribution < 1.29 is 19.1 Å². The molecule has 2 aromatic rings. The topological polar surface area (TPSA) is 25.3 Å². The Kier molecular flexibility index (Phi) is 26.1. The van der Waals surface area contributed by atoms with Crippen molar-refractivity contribution in [3.8, 4) is 0 Å². The van der Waals surface area contributed by atoms with E-state index in [9.17, 15) is 5.53 Å². The molecule has 0 spiro atoms. The van der Waals surface area contributed by atoms with Gasteiger partial charge in [-0.1, -0.05) is 106 Å². The molecule has 0 aromatic heterocycles. The van der Waals surface area contributed by atoms with Gasteiger partial charge in [0.05, 0.1) is 0 Å². The molecule has 0 radical (unpaired) electrons. The molecule has 2 aromatic carbocycles. The molecule has 0 N–H and O–H groups in total. The second-order valence-electron chi connectivity index (χ2n) is 15.5. The Morgan fingerprint density at radius 2 is 0.717 bits per heavy atom. The molecule has 0 atom stereocenters. The Morgan fingerprint density at radius 1 is 0.396 bits per heavy atom. The van der Waals surface area contributed by atoms with Gasteiger partial charge in [-0.05, 0) is 135 Å². The van der Waals surface area contributed by atoms with E-state index in [2.05, 4.69) is 91.8 Å². The molecule has 1 aliphatic rings. The summed E-state index contributed by atoms with van der Waals surface area (Å²) in [5.74, 6) is 0. The molecule has 0 bridgehead atoms. The van der Waals surface area contributed by atoms with E-state index in [1.54, 1.807) is 11.1 Å². The van der Waals surface area contributed by atoms with E-state index in [0.717, 1.165) is 37.1 Å². The van der Waals surface area contributed by atoms with Crippen LogP contribution in [0.3, 0.4) is 0 Å². The fraction of sp³-hybridized carbons (Fsp3) is 0.680. The van der Waals surface area contributed by atoms with Gasteiger partial charge in [0.15, 0.2) is 0 Å². The van der Waals surface area contributed by atoms with Crippen molar-refractivity contribution in [3.63, 3.8) is 0 Å². The molecular formula is C50H82N2Ni. The van der Waals surface area contributed by atoms with Gasteiger partial charge in [0, 0.05) is 23.3 Å². The molecule has 0 saturated heterocycles. The predicted molar refractivity (Wildman–Crippen MR) is 233 cm³/mol. The molecule has 2 nitrogen and oxygen atoms in total. The van der Waals surface area contributed by atoms with Crippen molar-refractivity contribution in [1.82, 2.24) is 0 Å². The van der Waals surface area contributed by atoms with E-state index in [1.807, 2.05) is 14.4 Å². The van der Waals surface area contributed by atoms with Crippen LogP contribution < -0.4 is 0 Å². The quantitative estimate of drug-likeness (QED) is 0.0468. The Balaban J connectivity index is 0.00000126. The summed E-state index contributed by atoms with van der Waals surface area (Å²) in [6.07, 6.45) is 34.0. The Hall–Kier alpha value is -1.99. The molecular weight excluding hydrogens is 687 g/mol. The molecule has 0 amide bonds. The van der Waals surface area contributed by atoms with Gasteiger partial charge in [0.1, 0.15) is 0 Å². The van der Waals surface area contributed by atoms with E-state index >= 15 is 0 Å². The minimum absolute atomic E-state index is 0.928. The fourth-order valence-electron chi connectivity index (χ4n) is 7.52. The van der Waals surface area contributed by atoms with Gasteiger partial charge < -0.3 is 5.53 Å². The molecule has 3 heteroatoms. The van der Waals surface area contributed by atoms with Gasteiger partial charge in [0.2, 0.25) is 11.4 Å². The van der Waals surface area contributed by atoms with E-state index < -0.39 is 0 Å². The third kappa shape index (κ3) is 16.7. The van der Waals surface area contributed by atoms with Gasteiger partial charge in [-0.15, -0.1) is 0 Å². The number of nitrogens with zero attached hydrogens (tertiary/aromatic N) is 2. The van der Waals surface area contributed by atoms with Crippen LogP contribution in [0, 0.1) is 0 Å². The summed E-state index contributed by atoms with van der Waals surface area (Å²) in [4.78, 5) is 0. The fourth-order valence-corrected chi connectivity index (χ4v) is 8.47. The summed E-state index contributed by atoms with van der Waals surface area (Å²) < 4.78 is 1.51. The average molecular weight is 770 g/mol. The van der Waals surface area contributed by atoms with E-state index in [4.69, 9.17) is 0 Å². The molecule has 0 aliphatic carbocycles. The van der Waals surface area contributed by atoms with Crippen LogP contribution in [0.1, 0.15) is 215 Å². The van der Waals surface area contributed by atoms with Crippen LogP contribution in [0.15, 0.2) is 36.4 Å². The van der Waals surface area contributed by atoms with Crippen molar-refractivity contribution >= 4 is 11.4 Å². The number of unbranched alkanes of at least 4 members (excludes halogenated alkanes) is 10. The third-order valence-electron chi connectivity index (χ3n) is 10.6. The SMILES string of the molecule is CCCCCCc1c(CCCC)cc(C2=CC=C(c3cc(CCCC)c(CCCCCC)c(CCCC)c3)[N+]2=[N-])cc1CCCC.CC[CH2][Ni][CH2]CC. The van der Waals surface area contributed by atoms with Crippen LogP contribution in [0.4, 0.5) is 0 Å². The van der Waals surface area contributed by atoms with Gasteiger partial charge in [0.25, 0.3) is 0 Å². The van der Waals surface area contributed by atoms with Crippen LogP contribution in [0.25, 0.3) is 16.9 Å². The minimum atomic E-state index is 0.928. The normalized spacial score (nSPS) is 12.6. The summed E-state index contributed by atoms with van der Waals surface area (Å²) in [7, 11) is 0. The Morgan fingerprint density at radius 3 is 1.00 bits per heavy atom. The third-order valence-corrected chi connectivity index (χ3v) is 12.3. The van der Waals surface area contributed by atoms with Crippen LogP contribution in [0.5, 0.6) is 0 Å². The second kappa shape index (κ2) is 29.3. The number of allylic oxidation sites excluding steroid dienone is 2. The van der Waals surface area contributed by atoms with E-state index in [-0.39, 0.29) is 0 Å². The van der Waals surface area contributed by atoms with Crippen molar-refractivity contribution in [2.24, 2.45) is 0 Å². The number of hydrogen-bond donors (Lipinski definition) is 0. The van der Waals surface area contributed by atoms with Crippen molar-refractivity contribution in [1.29, 1.82) is 0 Å². The summed E-state index contributed by atoms with van der Waals surface area (Å²) in [6.45, 7) is 18.3. The predicted octanol–water partition coefficient (Wildman–Crippen LogP) is 16.5. The zero-order valence-corrected chi connectivity index (χ0v) is 37.0. The molecule has 0 unspecified atom stereocenters. The molecule has 0 saturated carbocycles.